The predicted molar refractivity (Wildman–Crippen MR) is 116 cm³/mol. The van der Waals surface area contributed by atoms with Crippen LogP contribution in [0.1, 0.15) is 25.5 Å². The number of nitrogens with zero attached hydrogens (tertiary/aromatic N) is 4. The lowest BCUT2D eigenvalue weighted by molar-refractivity contribution is -0.123. The maximum Gasteiger partial charge on any atom is 0.257 e. The van der Waals surface area contributed by atoms with Gasteiger partial charge in [-0.1, -0.05) is 30.3 Å². The summed E-state index contributed by atoms with van der Waals surface area (Å²) in [4.78, 5) is 12.3. The number of ether oxygens (including phenoxy) is 1. The molecule has 0 unspecified atom stereocenters. The minimum atomic E-state index is -0.152. The molecule has 0 radical (unpaired) electrons. The third-order valence-corrected chi connectivity index (χ3v) is 5.02. The van der Waals surface area contributed by atoms with Gasteiger partial charge in [-0.15, -0.1) is 10.2 Å². The van der Waals surface area contributed by atoms with E-state index in [1.807, 2.05) is 24.3 Å². The molecular weight excluding hydrogens is 378 g/mol. The average molecular weight is 403 g/mol. The second-order valence-electron chi connectivity index (χ2n) is 7.40. The zero-order valence-corrected chi connectivity index (χ0v) is 17.2. The molecule has 0 saturated heterocycles. The van der Waals surface area contributed by atoms with Crippen LogP contribution in [0.3, 0.4) is 0 Å². The molecule has 0 fully saturated rings. The van der Waals surface area contributed by atoms with E-state index >= 15 is 0 Å². The molecule has 2 aromatic heterocycles. The lowest BCUT2D eigenvalue weighted by Crippen LogP contribution is -2.30. The first kappa shape index (κ1) is 19.7. The van der Waals surface area contributed by atoms with E-state index in [1.54, 1.807) is 17.2 Å². The predicted octanol–water partition coefficient (Wildman–Crippen LogP) is 3.54. The van der Waals surface area contributed by atoms with E-state index in [0.717, 1.165) is 12.1 Å². The number of para-hydroxylation sites is 3. The molecule has 30 heavy (non-hydrogen) atoms. The van der Waals surface area contributed by atoms with Gasteiger partial charge in [0.2, 0.25) is 0 Å². The van der Waals surface area contributed by atoms with Crippen LogP contribution in [0.15, 0.2) is 67.4 Å². The Morgan fingerprint density at radius 1 is 1.07 bits per heavy atom. The van der Waals surface area contributed by atoms with Crippen molar-refractivity contribution in [3.8, 4) is 11.4 Å². The van der Waals surface area contributed by atoms with Crippen molar-refractivity contribution in [1.82, 2.24) is 24.6 Å². The number of fused-ring (bicyclic) bond motifs is 1. The molecule has 1 amide bonds. The Morgan fingerprint density at radius 2 is 1.80 bits per heavy atom. The van der Waals surface area contributed by atoms with Gasteiger partial charge in [-0.2, -0.15) is 0 Å². The van der Waals surface area contributed by atoms with Gasteiger partial charge in [0.15, 0.2) is 6.61 Å². The molecule has 0 bridgehead atoms. The standard InChI is InChI=1S/C23H25N5O2/c1-17(2)28-13-18(19-7-3-4-8-20(19)28)11-12-24-23(29)14-30-22-10-6-5-9-21(22)27-15-25-26-16-27/h3-10,13,15-17H,11-12,14H2,1-2H3,(H,24,29). The molecule has 2 aromatic carbocycles. The molecule has 0 aliphatic rings. The number of hydrogen-bond donors (Lipinski definition) is 1. The van der Waals surface area contributed by atoms with Gasteiger partial charge in [0.05, 0.1) is 5.69 Å². The highest BCUT2D eigenvalue weighted by Gasteiger charge is 2.11. The fraction of sp³-hybridized carbons (Fsp3) is 0.261. The normalized spacial score (nSPS) is 11.2. The van der Waals surface area contributed by atoms with Gasteiger partial charge in [-0.25, -0.2) is 0 Å². The smallest absolute Gasteiger partial charge is 0.257 e. The maximum atomic E-state index is 12.3. The molecular formula is C23H25N5O2. The number of nitrogens with one attached hydrogen (secondary N) is 1. The van der Waals surface area contributed by atoms with Gasteiger partial charge in [0.25, 0.3) is 5.91 Å². The van der Waals surface area contributed by atoms with Crippen LogP contribution in [0.4, 0.5) is 0 Å². The van der Waals surface area contributed by atoms with E-state index in [-0.39, 0.29) is 12.5 Å². The van der Waals surface area contributed by atoms with Gasteiger partial charge in [0.1, 0.15) is 18.4 Å². The molecule has 0 aliphatic heterocycles. The van der Waals surface area contributed by atoms with E-state index in [2.05, 4.69) is 64.4 Å². The molecule has 0 aliphatic carbocycles. The Bertz CT molecular complexity index is 1130. The van der Waals surface area contributed by atoms with Gasteiger partial charge < -0.3 is 14.6 Å². The third kappa shape index (κ3) is 4.20. The molecule has 2 heterocycles. The van der Waals surface area contributed by atoms with Crippen LogP contribution in [-0.4, -0.2) is 38.4 Å². The highest BCUT2D eigenvalue weighted by atomic mass is 16.5. The van der Waals surface area contributed by atoms with Crippen molar-refractivity contribution in [2.45, 2.75) is 26.3 Å². The summed E-state index contributed by atoms with van der Waals surface area (Å²) in [7, 11) is 0. The molecule has 0 atom stereocenters. The second-order valence-corrected chi connectivity index (χ2v) is 7.40. The first-order valence-electron chi connectivity index (χ1n) is 10.1. The summed E-state index contributed by atoms with van der Waals surface area (Å²) in [5, 5.41) is 11.8. The zero-order valence-electron chi connectivity index (χ0n) is 17.2. The largest absolute Gasteiger partial charge is 0.482 e. The SMILES string of the molecule is CC(C)n1cc(CCNC(=O)COc2ccccc2-n2cnnc2)c2ccccc21. The third-order valence-electron chi connectivity index (χ3n) is 5.02. The molecule has 4 rings (SSSR count). The zero-order chi connectivity index (χ0) is 20.9. The van der Waals surface area contributed by atoms with Crippen LogP contribution in [0.5, 0.6) is 5.75 Å². The van der Waals surface area contributed by atoms with Gasteiger partial charge in [-0.05, 0) is 44.0 Å². The highest BCUT2D eigenvalue weighted by Crippen LogP contribution is 2.25. The Hall–Kier alpha value is -3.61. The summed E-state index contributed by atoms with van der Waals surface area (Å²) in [5.41, 5.74) is 3.25. The second kappa shape index (κ2) is 8.82. The van der Waals surface area contributed by atoms with Crippen molar-refractivity contribution >= 4 is 16.8 Å². The number of aromatic nitrogens is 4. The summed E-state index contributed by atoms with van der Waals surface area (Å²) < 4.78 is 9.76. The van der Waals surface area contributed by atoms with Crippen molar-refractivity contribution in [1.29, 1.82) is 0 Å². The summed E-state index contributed by atoms with van der Waals surface area (Å²) in [6.07, 6.45) is 6.14. The lowest BCUT2D eigenvalue weighted by Gasteiger charge is -2.11. The number of carbonyl (C=O) groups is 1. The van der Waals surface area contributed by atoms with Gasteiger partial charge >= 0.3 is 0 Å². The van der Waals surface area contributed by atoms with Crippen LogP contribution in [0.2, 0.25) is 0 Å². The topological polar surface area (TPSA) is 74.0 Å². The summed E-state index contributed by atoms with van der Waals surface area (Å²) >= 11 is 0. The quantitative estimate of drug-likeness (QED) is 0.488. The minimum Gasteiger partial charge on any atom is -0.482 e. The van der Waals surface area contributed by atoms with Crippen LogP contribution >= 0.6 is 0 Å². The first-order chi connectivity index (χ1) is 14.6. The molecule has 4 aromatic rings. The fourth-order valence-corrected chi connectivity index (χ4v) is 3.55. The van der Waals surface area contributed by atoms with Crippen LogP contribution in [-0.2, 0) is 11.2 Å². The van der Waals surface area contributed by atoms with Crippen molar-refractivity contribution in [2.24, 2.45) is 0 Å². The lowest BCUT2D eigenvalue weighted by atomic mass is 10.1. The molecule has 7 heteroatoms. The van der Waals surface area contributed by atoms with Crippen molar-refractivity contribution in [2.75, 3.05) is 13.2 Å². The highest BCUT2D eigenvalue weighted by molar-refractivity contribution is 5.84. The number of carbonyl (C=O) groups excluding carboxylic acids is 1. The fourth-order valence-electron chi connectivity index (χ4n) is 3.55. The summed E-state index contributed by atoms with van der Waals surface area (Å²) in [6.45, 7) is 4.86. The number of rotatable bonds is 8. The van der Waals surface area contributed by atoms with Crippen LogP contribution in [0.25, 0.3) is 16.6 Å². The first-order valence-corrected chi connectivity index (χ1v) is 10.1. The van der Waals surface area contributed by atoms with E-state index in [0.29, 0.717) is 18.3 Å². The van der Waals surface area contributed by atoms with Crippen molar-refractivity contribution in [3.05, 3.63) is 72.9 Å². The minimum absolute atomic E-state index is 0.0487. The maximum absolute atomic E-state index is 12.3. The van der Waals surface area contributed by atoms with E-state index in [1.165, 1.54) is 16.5 Å². The molecule has 1 N–H and O–H groups in total. The molecule has 7 nitrogen and oxygen atoms in total. The molecule has 0 saturated carbocycles. The van der Waals surface area contributed by atoms with Crippen molar-refractivity contribution < 1.29 is 9.53 Å². The van der Waals surface area contributed by atoms with E-state index in [4.69, 9.17) is 4.74 Å². The Morgan fingerprint density at radius 3 is 2.60 bits per heavy atom. The summed E-state index contributed by atoms with van der Waals surface area (Å²) in [6, 6.07) is 16.2. The monoisotopic (exact) mass is 403 g/mol. The summed E-state index contributed by atoms with van der Waals surface area (Å²) in [5.74, 6) is 0.452. The Labute approximate surface area is 175 Å². The van der Waals surface area contributed by atoms with E-state index in [9.17, 15) is 4.79 Å². The number of amides is 1. The van der Waals surface area contributed by atoms with Gasteiger partial charge in [0, 0.05) is 29.7 Å². The molecule has 0 spiro atoms. The average Bonchev–Trinajstić information content (AvgIpc) is 3.41. The van der Waals surface area contributed by atoms with Crippen LogP contribution < -0.4 is 10.1 Å². The molecule has 154 valence electrons. The number of hydrogen-bond acceptors (Lipinski definition) is 4. The van der Waals surface area contributed by atoms with Gasteiger partial charge in [-0.3, -0.25) is 9.36 Å². The van der Waals surface area contributed by atoms with Crippen LogP contribution in [0, 0.1) is 0 Å². The van der Waals surface area contributed by atoms with Crippen molar-refractivity contribution in [3.63, 3.8) is 0 Å². The van der Waals surface area contributed by atoms with E-state index < -0.39 is 0 Å². The Kier molecular flexibility index (Phi) is 5.79. The number of benzene rings is 2. The Balaban J connectivity index is 1.34.